The second-order valence-electron chi connectivity index (χ2n) is 4.91. The lowest BCUT2D eigenvalue weighted by atomic mass is 10.1. The smallest absolute Gasteiger partial charge is 0.406 e. The first-order valence-corrected chi connectivity index (χ1v) is 7.29. The first kappa shape index (κ1) is 16.9. The van der Waals surface area contributed by atoms with E-state index in [2.05, 4.69) is 28.5 Å². The van der Waals surface area contributed by atoms with E-state index in [1.165, 1.54) is 24.3 Å². The average molecular weight is 319 g/mol. The summed E-state index contributed by atoms with van der Waals surface area (Å²) in [7, 11) is 0. The number of nitrogens with zero attached hydrogens (tertiary/aromatic N) is 1. The summed E-state index contributed by atoms with van der Waals surface area (Å²) in [4.78, 5) is 4.29. The average Bonchev–Trinajstić information content (AvgIpc) is 2.52. The number of pyridine rings is 1. The Balaban J connectivity index is 2.05. The molecule has 0 saturated heterocycles. The maximum absolute atomic E-state index is 12.1. The summed E-state index contributed by atoms with van der Waals surface area (Å²) < 4.78 is 40.2. The zero-order chi connectivity index (χ0) is 16.7. The summed E-state index contributed by atoms with van der Waals surface area (Å²) in [6, 6.07) is 9.25. The van der Waals surface area contributed by atoms with Gasteiger partial charge in [-0.2, -0.15) is 0 Å². The summed E-state index contributed by atoms with van der Waals surface area (Å²) in [5, 5.41) is 0. The Morgan fingerprint density at radius 3 is 2.39 bits per heavy atom. The van der Waals surface area contributed by atoms with Crippen LogP contribution in [-0.2, 0) is 0 Å². The summed E-state index contributed by atoms with van der Waals surface area (Å²) >= 11 is 0. The maximum Gasteiger partial charge on any atom is 0.573 e. The number of rotatable bonds is 4. The Labute approximate surface area is 133 Å². The van der Waals surface area contributed by atoms with Gasteiger partial charge in [-0.1, -0.05) is 25.2 Å². The number of ether oxygens (including phenoxy) is 1. The van der Waals surface area contributed by atoms with E-state index in [1.54, 1.807) is 12.3 Å². The van der Waals surface area contributed by atoms with Crippen molar-refractivity contribution in [3.8, 4) is 28.8 Å². The lowest BCUT2D eigenvalue weighted by molar-refractivity contribution is -0.274. The Hall–Kier alpha value is -2.48. The van der Waals surface area contributed by atoms with Gasteiger partial charge in [-0.15, -0.1) is 13.2 Å². The number of alkyl halides is 3. The van der Waals surface area contributed by atoms with E-state index < -0.39 is 6.36 Å². The number of halogens is 3. The Kier molecular flexibility index (Phi) is 5.64. The van der Waals surface area contributed by atoms with Gasteiger partial charge in [-0.05, 0) is 42.8 Å². The maximum atomic E-state index is 12.1. The largest absolute Gasteiger partial charge is 0.573 e. The molecule has 0 atom stereocenters. The molecule has 5 heteroatoms. The van der Waals surface area contributed by atoms with Gasteiger partial charge in [0.25, 0.3) is 0 Å². The van der Waals surface area contributed by atoms with Crippen molar-refractivity contribution in [2.45, 2.75) is 32.5 Å². The van der Waals surface area contributed by atoms with Crippen molar-refractivity contribution in [1.82, 2.24) is 4.98 Å². The fourth-order valence-corrected chi connectivity index (χ4v) is 1.90. The van der Waals surface area contributed by atoms with Crippen LogP contribution >= 0.6 is 0 Å². The van der Waals surface area contributed by atoms with Gasteiger partial charge in [0.1, 0.15) is 5.75 Å². The van der Waals surface area contributed by atoms with Crippen LogP contribution < -0.4 is 4.74 Å². The first-order chi connectivity index (χ1) is 11.0. The molecule has 1 aromatic carbocycles. The van der Waals surface area contributed by atoms with E-state index in [9.17, 15) is 13.2 Å². The van der Waals surface area contributed by atoms with Crippen molar-refractivity contribution in [3.63, 3.8) is 0 Å². The molecule has 0 N–H and O–H groups in total. The van der Waals surface area contributed by atoms with E-state index in [4.69, 9.17) is 0 Å². The zero-order valence-corrected chi connectivity index (χ0v) is 12.7. The molecule has 1 aromatic heterocycles. The van der Waals surface area contributed by atoms with Crippen LogP contribution in [0.1, 0.15) is 31.7 Å². The molecule has 0 radical (unpaired) electrons. The molecular weight excluding hydrogens is 303 g/mol. The Bertz CT molecular complexity index is 679. The topological polar surface area (TPSA) is 22.1 Å². The highest BCUT2D eigenvalue weighted by atomic mass is 19.4. The molecule has 0 saturated carbocycles. The third-order valence-corrected chi connectivity index (χ3v) is 3.04. The van der Waals surface area contributed by atoms with Crippen LogP contribution in [0.25, 0.3) is 11.3 Å². The van der Waals surface area contributed by atoms with Crippen molar-refractivity contribution in [1.29, 1.82) is 0 Å². The fourth-order valence-electron chi connectivity index (χ4n) is 1.90. The molecule has 0 amide bonds. The van der Waals surface area contributed by atoms with Crippen LogP contribution in [0.3, 0.4) is 0 Å². The van der Waals surface area contributed by atoms with E-state index in [-0.39, 0.29) is 5.75 Å². The molecule has 23 heavy (non-hydrogen) atoms. The SMILES string of the molecule is CCCCC#Cc1ccc(-c2ccc(OC(F)(F)F)cc2)nc1. The summed E-state index contributed by atoms with van der Waals surface area (Å²) in [6.07, 6.45) is 0.0238. The predicted molar refractivity (Wildman–Crippen MR) is 82.8 cm³/mol. The van der Waals surface area contributed by atoms with Crippen LogP contribution in [0.5, 0.6) is 5.75 Å². The summed E-state index contributed by atoms with van der Waals surface area (Å²) in [5.74, 6) is 5.86. The molecule has 0 aliphatic rings. The standard InChI is InChI=1S/C18H16F3NO/c1-2-3-4-5-6-14-7-12-17(22-13-14)15-8-10-16(11-9-15)23-18(19,20)21/h7-13H,2-4H2,1H3. The van der Waals surface area contributed by atoms with Gasteiger partial charge in [0.15, 0.2) is 0 Å². The lowest BCUT2D eigenvalue weighted by Crippen LogP contribution is -2.16. The third-order valence-electron chi connectivity index (χ3n) is 3.04. The van der Waals surface area contributed by atoms with Crippen molar-refractivity contribution in [2.24, 2.45) is 0 Å². The summed E-state index contributed by atoms with van der Waals surface area (Å²) in [5.41, 5.74) is 2.20. The number of hydrogen-bond acceptors (Lipinski definition) is 2. The first-order valence-electron chi connectivity index (χ1n) is 7.29. The van der Waals surface area contributed by atoms with Crippen molar-refractivity contribution in [3.05, 3.63) is 48.2 Å². The number of hydrogen-bond donors (Lipinski definition) is 0. The third kappa shape index (κ3) is 5.67. The van der Waals surface area contributed by atoms with Crippen LogP contribution in [0, 0.1) is 11.8 Å². The van der Waals surface area contributed by atoms with Gasteiger partial charge < -0.3 is 4.74 Å². The molecule has 0 aliphatic heterocycles. The number of benzene rings is 1. The molecule has 0 unspecified atom stereocenters. The summed E-state index contributed by atoms with van der Waals surface area (Å²) in [6.45, 7) is 2.11. The van der Waals surface area contributed by atoms with Gasteiger partial charge in [0, 0.05) is 23.7 Å². The minimum atomic E-state index is -4.68. The molecule has 0 aliphatic carbocycles. The second kappa shape index (κ2) is 7.68. The molecule has 0 spiro atoms. The van der Waals surface area contributed by atoms with Crippen LogP contribution in [0.4, 0.5) is 13.2 Å². The number of unbranched alkanes of at least 4 members (excludes halogenated alkanes) is 2. The second-order valence-corrected chi connectivity index (χ2v) is 4.91. The fraction of sp³-hybridized carbons (Fsp3) is 0.278. The quantitative estimate of drug-likeness (QED) is 0.571. The zero-order valence-electron chi connectivity index (χ0n) is 12.7. The van der Waals surface area contributed by atoms with Crippen LogP contribution in [0.15, 0.2) is 42.6 Å². The molecule has 0 bridgehead atoms. The van der Waals surface area contributed by atoms with E-state index >= 15 is 0 Å². The van der Waals surface area contributed by atoms with Gasteiger partial charge in [0.05, 0.1) is 5.69 Å². The normalized spacial score (nSPS) is 10.8. The molecular formula is C18H16F3NO. The van der Waals surface area contributed by atoms with E-state index in [0.717, 1.165) is 24.8 Å². The highest BCUT2D eigenvalue weighted by molar-refractivity contribution is 5.60. The van der Waals surface area contributed by atoms with Crippen molar-refractivity contribution < 1.29 is 17.9 Å². The molecule has 2 nitrogen and oxygen atoms in total. The minimum Gasteiger partial charge on any atom is -0.406 e. The Morgan fingerprint density at radius 1 is 1.09 bits per heavy atom. The molecule has 0 fully saturated rings. The minimum absolute atomic E-state index is 0.250. The lowest BCUT2D eigenvalue weighted by Gasteiger charge is -2.09. The molecule has 120 valence electrons. The van der Waals surface area contributed by atoms with Crippen LogP contribution in [0.2, 0.25) is 0 Å². The predicted octanol–water partition coefficient (Wildman–Crippen LogP) is 5.19. The Morgan fingerprint density at radius 2 is 1.83 bits per heavy atom. The molecule has 1 heterocycles. The van der Waals surface area contributed by atoms with Gasteiger partial charge in [-0.3, -0.25) is 4.98 Å². The molecule has 2 aromatic rings. The monoisotopic (exact) mass is 319 g/mol. The van der Waals surface area contributed by atoms with E-state index in [1.807, 2.05) is 6.07 Å². The highest BCUT2D eigenvalue weighted by Gasteiger charge is 2.30. The molecule has 2 rings (SSSR count). The van der Waals surface area contributed by atoms with Crippen LogP contribution in [-0.4, -0.2) is 11.3 Å². The van der Waals surface area contributed by atoms with Gasteiger partial charge >= 0.3 is 6.36 Å². The van der Waals surface area contributed by atoms with Gasteiger partial charge in [0.2, 0.25) is 0 Å². The van der Waals surface area contributed by atoms with Crippen molar-refractivity contribution >= 4 is 0 Å². The highest BCUT2D eigenvalue weighted by Crippen LogP contribution is 2.25. The van der Waals surface area contributed by atoms with Crippen molar-refractivity contribution in [2.75, 3.05) is 0 Å². The van der Waals surface area contributed by atoms with E-state index in [0.29, 0.717) is 11.3 Å². The van der Waals surface area contributed by atoms with Gasteiger partial charge in [-0.25, -0.2) is 0 Å². The number of aromatic nitrogens is 1.